The van der Waals surface area contributed by atoms with Crippen LogP contribution in [0, 0.1) is 0 Å². The molecule has 1 rings (SSSR count). The number of nitrogens with one attached hydrogen (secondary N) is 1. The van der Waals surface area contributed by atoms with E-state index in [4.69, 9.17) is 5.73 Å². The Morgan fingerprint density at radius 3 is 2.06 bits per heavy atom. The standard InChI is InChI=1S/C9H11N.C4H11N.C2H6/c1-8(7-10)9-5-3-2-4-6-9;1-3-4-5-2;1-2/h2-6H,1,7,10H2;5H,3-4H2,1-2H3;1-2H3. The van der Waals surface area contributed by atoms with Gasteiger partial charge in [-0.25, -0.2) is 0 Å². The zero-order valence-corrected chi connectivity index (χ0v) is 11.8. The van der Waals surface area contributed by atoms with Gasteiger partial charge in [-0.3, -0.25) is 0 Å². The number of hydrogen-bond acceptors (Lipinski definition) is 2. The van der Waals surface area contributed by atoms with Crippen LogP contribution in [0.25, 0.3) is 5.57 Å². The summed E-state index contributed by atoms with van der Waals surface area (Å²) in [5, 5.41) is 3.02. The first-order valence-electron chi connectivity index (χ1n) is 6.34. The molecule has 0 aliphatic heterocycles. The molecule has 0 atom stereocenters. The van der Waals surface area contributed by atoms with Crippen LogP contribution < -0.4 is 11.1 Å². The third-order valence-electron chi connectivity index (χ3n) is 1.93. The van der Waals surface area contributed by atoms with Crippen molar-refractivity contribution in [2.75, 3.05) is 20.1 Å². The molecule has 0 aliphatic carbocycles. The topological polar surface area (TPSA) is 38.0 Å². The molecule has 0 aliphatic rings. The van der Waals surface area contributed by atoms with E-state index < -0.39 is 0 Å². The van der Waals surface area contributed by atoms with Gasteiger partial charge in [0.05, 0.1) is 0 Å². The molecule has 0 spiro atoms. The maximum atomic E-state index is 5.40. The summed E-state index contributed by atoms with van der Waals surface area (Å²) < 4.78 is 0. The van der Waals surface area contributed by atoms with Crippen LogP contribution in [0.15, 0.2) is 36.9 Å². The van der Waals surface area contributed by atoms with Crippen LogP contribution >= 0.6 is 0 Å². The number of rotatable bonds is 4. The molecule has 98 valence electrons. The zero-order chi connectivity index (χ0) is 13.5. The Labute approximate surface area is 107 Å². The number of hydrogen-bond donors (Lipinski definition) is 2. The first-order valence-corrected chi connectivity index (χ1v) is 6.34. The van der Waals surface area contributed by atoms with Gasteiger partial charge in [-0.15, -0.1) is 0 Å². The van der Waals surface area contributed by atoms with Crippen molar-refractivity contribution in [2.24, 2.45) is 5.73 Å². The fourth-order valence-corrected chi connectivity index (χ4v) is 1.04. The molecule has 0 unspecified atom stereocenters. The van der Waals surface area contributed by atoms with Gasteiger partial charge in [-0.1, -0.05) is 57.7 Å². The second kappa shape index (κ2) is 14.9. The van der Waals surface area contributed by atoms with Crippen molar-refractivity contribution in [2.45, 2.75) is 27.2 Å². The highest BCUT2D eigenvalue weighted by molar-refractivity contribution is 5.64. The average Bonchev–Trinajstić information content (AvgIpc) is 2.43. The van der Waals surface area contributed by atoms with Crippen LogP contribution in [0.3, 0.4) is 0 Å². The van der Waals surface area contributed by atoms with E-state index in [-0.39, 0.29) is 0 Å². The van der Waals surface area contributed by atoms with Crippen molar-refractivity contribution in [3.05, 3.63) is 42.5 Å². The Bertz CT molecular complexity index is 253. The van der Waals surface area contributed by atoms with Crippen molar-refractivity contribution < 1.29 is 0 Å². The Kier molecular flexibility index (Phi) is 16.0. The van der Waals surface area contributed by atoms with Crippen molar-refractivity contribution in [3.8, 4) is 0 Å². The SMILES string of the molecule is C=C(CN)c1ccccc1.CC.CCCNC. The molecule has 0 fully saturated rings. The van der Waals surface area contributed by atoms with Crippen molar-refractivity contribution in [3.63, 3.8) is 0 Å². The molecule has 0 saturated carbocycles. The Hall–Kier alpha value is -1.12. The lowest BCUT2D eigenvalue weighted by Crippen LogP contribution is -2.04. The maximum Gasteiger partial charge on any atom is 0.0178 e. The van der Waals surface area contributed by atoms with E-state index in [9.17, 15) is 0 Å². The second-order valence-corrected chi connectivity index (χ2v) is 3.28. The summed E-state index contributed by atoms with van der Waals surface area (Å²) in [6.45, 7) is 11.6. The fraction of sp³-hybridized carbons (Fsp3) is 0.467. The largest absolute Gasteiger partial charge is 0.326 e. The van der Waals surface area contributed by atoms with E-state index in [2.05, 4.69) is 18.8 Å². The van der Waals surface area contributed by atoms with Crippen molar-refractivity contribution in [1.82, 2.24) is 5.32 Å². The molecule has 3 N–H and O–H groups in total. The van der Waals surface area contributed by atoms with E-state index in [0.29, 0.717) is 6.54 Å². The van der Waals surface area contributed by atoms with E-state index in [0.717, 1.165) is 17.7 Å². The summed E-state index contributed by atoms with van der Waals surface area (Å²) >= 11 is 0. The van der Waals surface area contributed by atoms with Crippen molar-refractivity contribution in [1.29, 1.82) is 0 Å². The molecule has 1 aromatic carbocycles. The highest BCUT2D eigenvalue weighted by Gasteiger charge is 1.91. The minimum absolute atomic E-state index is 0.532. The van der Waals surface area contributed by atoms with Crippen LogP contribution in [0.4, 0.5) is 0 Å². The van der Waals surface area contributed by atoms with E-state index in [1.54, 1.807) is 0 Å². The zero-order valence-electron chi connectivity index (χ0n) is 11.8. The molecule has 0 bridgehead atoms. The molecular formula is C15H28N2. The molecular weight excluding hydrogens is 208 g/mol. The first kappa shape index (κ1) is 18.3. The monoisotopic (exact) mass is 236 g/mol. The lowest BCUT2D eigenvalue weighted by atomic mass is 10.1. The molecule has 1 aromatic rings. The predicted octanol–water partition coefficient (Wildman–Crippen LogP) is 3.30. The van der Waals surface area contributed by atoms with Gasteiger partial charge in [0, 0.05) is 6.54 Å². The summed E-state index contributed by atoms with van der Waals surface area (Å²) in [6, 6.07) is 9.96. The molecule has 0 saturated heterocycles. The van der Waals surface area contributed by atoms with Crippen LogP contribution in [0.5, 0.6) is 0 Å². The van der Waals surface area contributed by atoms with Gasteiger partial charge in [0.25, 0.3) is 0 Å². The summed E-state index contributed by atoms with van der Waals surface area (Å²) in [4.78, 5) is 0. The van der Waals surface area contributed by atoms with E-state index in [1.165, 1.54) is 6.42 Å². The Morgan fingerprint density at radius 1 is 1.24 bits per heavy atom. The molecule has 17 heavy (non-hydrogen) atoms. The van der Waals surface area contributed by atoms with Gasteiger partial charge < -0.3 is 11.1 Å². The van der Waals surface area contributed by atoms with E-state index in [1.807, 2.05) is 51.2 Å². The van der Waals surface area contributed by atoms with Crippen LogP contribution in [0.1, 0.15) is 32.8 Å². The summed E-state index contributed by atoms with van der Waals surface area (Å²) in [6.07, 6.45) is 1.23. The number of benzene rings is 1. The van der Waals surface area contributed by atoms with Gasteiger partial charge in [0.15, 0.2) is 0 Å². The average molecular weight is 236 g/mol. The third-order valence-corrected chi connectivity index (χ3v) is 1.93. The normalized spacial score (nSPS) is 8.29. The fourth-order valence-electron chi connectivity index (χ4n) is 1.04. The Balaban J connectivity index is 0. The van der Waals surface area contributed by atoms with Gasteiger partial charge in [-0.2, -0.15) is 0 Å². The molecule has 0 heterocycles. The van der Waals surface area contributed by atoms with E-state index >= 15 is 0 Å². The Morgan fingerprint density at radius 2 is 1.76 bits per heavy atom. The summed E-state index contributed by atoms with van der Waals surface area (Å²) in [5.41, 5.74) is 7.52. The minimum atomic E-state index is 0.532. The number of nitrogens with two attached hydrogens (primary N) is 1. The lowest BCUT2D eigenvalue weighted by Gasteiger charge is -1.99. The van der Waals surface area contributed by atoms with Crippen LogP contribution in [-0.2, 0) is 0 Å². The van der Waals surface area contributed by atoms with Gasteiger partial charge >= 0.3 is 0 Å². The molecule has 2 nitrogen and oxygen atoms in total. The van der Waals surface area contributed by atoms with Gasteiger partial charge in [0.2, 0.25) is 0 Å². The minimum Gasteiger partial charge on any atom is -0.326 e. The quantitative estimate of drug-likeness (QED) is 0.842. The molecule has 0 amide bonds. The smallest absolute Gasteiger partial charge is 0.0178 e. The third kappa shape index (κ3) is 11.1. The van der Waals surface area contributed by atoms with Gasteiger partial charge in [-0.05, 0) is 31.1 Å². The first-order chi connectivity index (χ1) is 8.26. The maximum absolute atomic E-state index is 5.40. The molecule has 2 heteroatoms. The highest BCUT2D eigenvalue weighted by Crippen LogP contribution is 2.08. The van der Waals surface area contributed by atoms with Gasteiger partial charge in [0.1, 0.15) is 0 Å². The van der Waals surface area contributed by atoms with Crippen LogP contribution in [0.2, 0.25) is 0 Å². The molecule has 0 radical (unpaired) electrons. The molecule has 0 aromatic heterocycles. The predicted molar refractivity (Wildman–Crippen MR) is 80.1 cm³/mol. The summed E-state index contributed by atoms with van der Waals surface area (Å²) in [5.74, 6) is 0. The second-order valence-electron chi connectivity index (χ2n) is 3.28. The van der Waals surface area contributed by atoms with Crippen LogP contribution in [-0.4, -0.2) is 20.1 Å². The van der Waals surface area contributed by atoms with Crippen molar-refractivity contribution >= 4 is 5.57 Å². The summed E-state index contributed by atoms with van der Waals surface area (Å²) in [7, 11) is 1.96. The lowest BCUT2D eigenvalue weighted by molar-refractivity contribution is 0.772. The highest BCUT2D eigenvalue weighted by atomic mass is 14.8.